The Morgan fingerprint density at radius 2 is 1.77 bits per heavy atom. The molecule has 5 aliphatic rings. The normalized spacial score (nSPS) is 22.8. The van der Waals surface area contributed by atoms with Crippen LogP contribution < -0.4 is 26.6 Å². The first kappa shape index (κ1) is 54.0. The number of pyridine rings is 2. The Bertz CT molecular complexity index is 3510. The van der Waals surface area contributed by atoms with Gasteiger partial charge in [0.2, 0.25) is 11.5 Å². The lowest BCUT2D eigenvalue weighted by Gasteiger charge is -2.49. The average Bonchev–Trinajstić information content (AvgIpc) is 3.83. The number of nitrogens with two attached hydrogens (primary N) is 1. The molecule has 11 rings (SSSR count). The van der Waals surface area contributed by atoms with Crippen LogP contribution in [0, 0.1) is 28.1 Å². The summed E-state index contributed by atoms with van der Waals surface area (Å²) in [6.07, 6.45) is 6.36. The fraction of sp³-hybridized carbons (Fsp3) is 0.397. The number of aromatic amines is 1. The summed E-state index contributed by atoms with van der Waals surface area (Å²) in [5.41, 5.74) is 4.93. The fourth-order valence-electron chi connectivity index (χ4n) is 12.9. The number of carbonyl (C=O) groups is 5. The van der Waals surface area contributed by atoms with Gasteiger partial charge in [0.1, 0.15) is 24.5 Å². The molecule has 3 aromatic carbocycles. The van der Waals surface area contributed by atoms with Crippen molar-refractivity contribution in [3.05, 3.63) is 136 Å². The lowest BCUT2D eigenvalue weighted by molar-refractivity contribution is -0.191. The van der Waals surface area contributed by atoms with Crippen LogP contribution in [0.2, 0.25) is 0 Å². The number of nitrogens with zero attached hydrogens (tertiary/aromatic N) is 3. The summed E-state index contributed by atoms with van der Waals surface area (Å²) in [5, 5.41) is 24.6. The van der Waals surface area contributed by atoms with Crippen LogP contribution >= 0.6 is 12.2 Å². The number of aliphatic carboxylic acids is 1. The van der Waals surface area contributed by atoms with Crippen LogP contribution in [-0.4, -0.2) is 81.4 Å². The third-order valence-electron chi connectivity index (χ3n) is 17.2. The molecule has 6 aromatic rings. The number of imidazole rings is 1. The third-order valence-corrected chi connectivity index (χ3v) is 18.2. The Hall–Kier alpha value is -7.42. The van der Waals surface area contributed by atoms with Crippen LogP contribution in [-0.2, 0) is 76.0 Å². The van der Waals surface area contributed by atoms with E-state index in [1.807, 2.05) is 78.9 Å². The van der Waals surface area contributed by atoms with Gasteiger partial charge in [0, 0.05) is 58.8 Å². The van der Waals surface area contributed by atoms with Crippen molar-refractivity contribution in [1.82, 2.24) is 30.2 Å². The molecule has 7 N–H and O–H groups in total. The largest absolute Gasteiger partial charge is 0.481 e. The Kier molecular flexibility index (Phi) is 14.4. The van der Waals surface area contributed by atoms with E-state index in [0.717, 1.165) is 46.0 Å². The van der Waals surface area contributed by atoms with Gasteiger partial charge in [-0.25, -0.2) is 23.8 Å². The van der Waals surface area contributed by atoms with Gasteiger partial charge >= 0.3 is 17.9 Å². The van der Waals surface area contributed by atoms with Gasteiger partial charge in [0.05, 0.1) is 52.1 Å². The molecule has 3 saturated carbocycles. The average molecular weight is 1100 g/mol. The predicted molar refractivity (Wildman–Crippen MR) is 297 cm³/mol. The van der Waals surface area contributed by atoms with Crippen molar-refractivity contribution < 1.29 is 42.8 Å². The molecule has 78 heavy (non-hydrogen) atoms. The number of carboxylic acid groups (broad SMARTS) is 1. The number of cyclic esters (lactones) is 1. The summed E-state index contributed by atoms with van der Waals surface area (Å²) in [6.45, 7) is 9.65. The lowest BCUT2D eigenvalue weighted by Crippen LogP contribution is -2.56. The number of hydrogen-bond donors (Lipinski definition) is 6. The smallest absolute Gasteiger partial charge is 0.355 e. The standard InChI is InChI=1S/C47H45N7O8S.C11H17NO2S/c1-4-47(35-21-38-41-31(18-30-8-5-6-11-36(30)51-41)23-54(38)43(58)34(35)24-61-45(47)60)62-44(59)40(26(2)3)53-42(57)37(20-33-22-48-25-49-33)52-46(63)50-32-10-7-9-29(19-32)28-15-12-27(13-16-28)14-17-39(55)56;1-9(2)7-5-8(13)10(6-15(12)14)3-4-11(7,9)10/h5-13,15-16,18-19,21-22,25-26,37,40H,4,14,17,20,23-24H2,1-3H3,(H,48,49)(H,53,57)(H,55,56)(H2,50,52,63);7H,3-6,12H2,1-2H3/t37-,40-,47-;/m0./s1. The minimum atomic E-state index is -1.98. The summed E-state index contributed by atoms with van der Waals surface area (Å²) in [6, 6.07) is 24.3. The summed E-state index contributed by atoms with van der Waals surface area (Å²) in [5.74, 6) is -2.38. The number of amides is 1. The number of Topliss-reactive ketones (excluding diaryl/α,β-unsaturated/α-hetero) is 1. The maximum Gasteiger partial charge on any atom is 0.355 e. The molecule has 1 amide bonds. The zero-order valence-corrected chi connectivity index (χ0v) is 45.6. The molecule has 20 heteroatoms. The van der Waals surface area contributed by atoms with Crippen molar-refractivity contribution in [1.29, 1.82) is 0 Å². The first-order valence-corrected chi connectivity index (χ1v) is 28.0. The highest BCUT2D eigenvalue weighted by Gasteiger charge is 2.88. The molecule has 4 unspecified atom stereocenters. The Balaban J connectivity index is 0.000000390. The number of ketones is 1. The van der Waals surface area contributed by atoms with Gasteiger partial charge in [-0.3, -0.25) is 24.3 Å². The van der Waals surface area contributed by atoms with Crippen molar-refractivity contribution >= 4 is 74.5 Å². The van der Waals surface area contributed by atoms with Crippen LogP contribution in [0.4, 0.5) is 5.69 Å². The number of carbonyl (C=O) groups excluding carboxylic acids is 4. The minimum Gasteiger partial charge on any atom is -0.481 e. The minimum absolute atomic E-state index is 0.0481. The molecule has 3 aromatic heterocycles. The maximum atomic E-state index is 14.4. The van der Waals surface area contributed by atoms with Crippen LogP contribution in [0.1, 0.15) is 94.7 Å². The highest BCUT2D eigenvalue weighted by atomic mass is 32.2. The number of benzene rings is 3. The van der Waals surface area contributed by atoms with Crippen molar-refractivity contribution in [2.75, 3.05) is 11.1 Å². The highest BCUT2D eigenvalue weighted by Crippen LogP contribution is 2.89. The number of aryl methyl sites for hydroxylation is 1. The Morgan fingerprint density at radius 3 is 2.45 bits per heavy atom. The number of hydrogen-bond acceptors (Lipinski definition) is 12. The second kappa shape index (κ2) is 20.8. The molecule has 1 spiro atoms. The quantitative estimate of drug-likeness (QED) is 0.0430. The number of thiocarbonyl (C=S) groups is 1. The number of H-pyrrole nitrogens is 1. The first-order valence-electron chi connectivity index (χ1n) is 26.2. The van der Waals surface area contributed by atoms with Crippen LogP contribution in [0.25, 0.3) is 33.4 Å². The maximum absolute atomic E-state index is 14.4. The predicted octanol–water partition coefficient (Wildman–Crippen LogP) is 6.78. The van der Waals surface area contributed by atoms with Crippen molar-refractivity contribution in [2.24, 2.45) is 33.2 Å². The zero-order valence-electron chi connectivity index (χ0n) is 44.0. The first-order chi connectivity index (χ1) is 37.2. The number of rotatable bonds is 16. The molecule has 5 heterocycles. The van der Waals surface area contributed by atoms with E-state index in [9.17, 15) is 33.0 Å². The molecule has 3 aliphatic carbocycles. The van der Waals surface area contributed by atoms with Gasteiger partial charge in [-0.05, 0) is 108 Å². The fourth-order valence-corrected chi connectivity index (χ4v) is 14.3. The number of nitrogens with one attached hydrogen (secondary N) is 4. The monoisotopic (exact) mass is 1090 g/mol. The van der Waals surface area contributed by atoms with Crippen molar-refractivity contribution in [3.8, 4) is 22.5 Å². The second-order valence-electron chi connectivity index (χ2n) is 22.0. The van der Waals surface area contributed by atoms with E-state index in [-0.39, 0.29) is 70.5 Å². The Morgan fingerprint density at radius 1 is 1.00 bits per heavy atom. The third kappa shape index (κ3) is 9.40. The number of anilines is 1. The Labute approximate surface area is 458 Å². The van der Waals surface area contributed by atoms with Crippen LogP contribution in [0.5, 0.6) is 0 Å². The van der Waals surface area contributed by atoms with E-state index in [2.05, 4.69) is 39.8 Å². The number of para-hydroxylation sites is 1. The summed E-state index contributed by atoms with van der Waals surface area (Å²) < 4.78 is 24.6. The number of carboxylic acids is 1. The summed E-state index contributed by atoms with van der Waals surface area (Å²) in [7, 11) is -1.34. The van der Waals surface area contributed by atoms with Crippen molar-refractivity contribution in [3.63, 3.8) is 0 Å². The molecule has 2 aliphatic heterocycles. The van der Waals surface area contributed by atoms with E-state index < -0.39 is 58.4 Å². The molecule has 0 saturated heterocycles. The van der Waals surface area contributed by atoms with E-state index in [1.54, 1.807) is 37.6 Å². The van der Waals surface area contributed by atoms with E-state index >= 15 is 0 Å². The number of ether oxygens (including phenoxy) is 2. The van der Waals surface area contributed by atoms with Gasteiger partial charge in [0.15, 0.2) is 5.11 Å². The van der Waals surface area contributed by atoms with Gasteiger partial charge in [-0.15, -0.1) is 0 Å². The second-order valence-corrected chi connectivity index (χ2v) is 23.5. The number of aromatic nitrogens is 4. The van der Waals surface area contributed by atoms with E-state index in [0.29, 0.717) is 53.1 Å². The summed E-state index contributed by atoms with van der Waals surface area (Å²) in [4.78, 5) is 91.5. The molecule has 7 atom stereocenters. The molecule has 406 valence electrons. The van der Waals surface area contributed by atoms with Gasteiger partial charge in [0.25, 0.3) is 5.56 Å². The lowest BCUT2D eigenvalue weighted by atomic mass is 9.55. The zero-order chi connectivity index (χ0) is 55.5. The van der Waals surface area contributed by atoms with Crippen molar-refractivity contribution in [2.45, 2.75) is 110 Å². The van der Waals surface area contributed by atoms with Crippen LogP contribution in [0.3, 0.4) is 0 Å². The molecule has 0 radical (unpaired) electrons. The highest BCUT2D eigenvalue weighted by molar-refractivity contribution is 7.82. The van der Waals surface area contributed by atoms with Crippen LogP contribution in [0.15, 0.2) is 102 Å². The van der Waals surface area contributed by atoms with E-state index in [4.69, 9.17) is 36.9 Å². The van der Waals surface area contributed by atoms with Gasteiger partial charge in [-0.1, -0.05) is 89.2 Å². The van der Waals surface area contributed by atoms with Gasteiger partial charge < -0.3 is 40.1 Å². The molecule has 3 fully saturated rings. The van der Waals surface area contributed by atoms with Gasteiger partial charge in [-0.2, -0.15) is 0 Å². The summed E-state index contributed by atoms with van der Waals surface area (Å²) >= 11 is 5.70. The number of esters is 2. The SMILES string of the molecule is CC1(C)C2CC(=O)C3(CS(N)=O)CCC231.CC[C@@]1(OC(=O)[C@@H](NC(=O)[C@H](Cc2cnc[nH]2)NC(=S)Nc2cccc(-c3ccc(CCC(=O)O)cc3)c2)C(C)C)C(=O)OCc2c1cc1n(c2=O)Cc2cc3ccccc3nc2-1. The molecular formula is C58H62N8O10S2. The van der Waals surface area contributed by atoms with E-state index in [1.165, 1.54) is 6.33 Å². The number of fused-ring (bicyclic) bond motifs is 5. The topological polar surface area (TPSA) is 267 Å². The molecule has 18 nitrogen and oxygen atoms in total. The molecular weight excluding hydrogens is 1030 g/mol. The molecule has 0 bridgehead atoms.